The Morgan fingerprint density at radius 1 is 1.17 bits per heavy atom. The van der Waals surface area contributed by atoms with Gasteiger partial charge in [0.05, 0.1) is 12.8 Å². The lowest BCUT2D eigenvalue weighted by atomic mass is 9.96. The van der Waals surface area contributed by atoms with Gasteiger partial charge < -0.3 is 15.4 Å². The first-order valence-electron chi connectivity index (χ1n) is 7.57. The van der Waals surface area contributed by atoms with E-state index >= 15 is 0 Å². The minimum atomic E-state index is -0.275. The molecule has 2 aromatic carbocycles. The standard InChI is InChI=1S/C18H19FN2O2/c1-23-16-5-3-2-4-15(16)21-17(22)20-12-18(10-11-18)13-6-8-14(19)9-7-13/h2-9H,10-12H2,1H3,(H2,20,21,22). The number of benzene rings is 2. The lowest BCUT2D eigenvalue weighted by Crippen LogP contribution is -2.35. The number of carbonyl (C=O) groups excluding carboxylic acids is 1. The number of hydrogen-bond donors (Lipinski definition) is 2. The summed E-state index contributed by atoms with van der Waals surface area (Å²) < 4.78 is 18.2. The maximum atomic E-state index is 13.0. The molecule has 0 spiro atoms. The summed E-state index contributed by atoms with van der Waals surface area (Å²) in [6.45, 7) is 0.527. The van der Waals surface area contributed by atoms with Gasteiger partial charge in [-0.15, -0.1) is 0 Å². The Balaban J connectivity index is 1.60. The highest BCUT2D eigenvalue weighted by Crippen LogP contribution is 2.47. The second-order valence-corrected chi connectivity index (χ2v) is 5.80. The zero-order chi connectivity index (χ0) is 16.3. The van der Waals surface area contributed by atoms with Gasteiger partial charge in [-0.25, -0.2) is 9.18 Å². The number of nitrogens with one attached hydrogen (secondary N) is 2. The zero-order valence-electron chi connectivity index (χ0n) is 12.9. The van der Waals surface area contributed by atoms with Crippen LogP contribution in [0.1, 0.15) is 18.4 Å². The highest BCUT2D eigenvalue weighted by molar-refractivity contribution is 5.91. The molecule has 0 aliphatic heterocycles. The Morgan fingerprint density at radius 2 is 1.87 bits per heavy atom. The number of rotatable bonds is 5. The molecule has 0 radical (unpaired) electrons. The fourth-order valence-corrected chi connectivity index (χ4v) is 2.69. The number of hydrogen-bond acceptors (Lipinski definition) is 2. The Hall–Kier alpha value is -2.56. The molecule has 4 nitrogen and oxygen atoms in total. The number of halogens is 1. The third-order valence-electron chi connectivity index (χ3n) is 4.25. The number of ether oxygens (including phenoxy) is 1. The van der Waals surface area contributed by atoms with Crippen molar-refractivity contribution in [2.45, 2.75) is 18.3 Å². The van der Waals surface area contributed by atoms with Crippen LogP contribution >= 0.6 is 0 Å². The average Bonchev–Trinajstić information content (AvgIpc) is 3.35. The van der Waals surface area contributed by atoms with E-state index in [9.17, 15) is 9.18 Å². The van der Waals surface area contributed by atoms with Crippen molar-refractivity contribution in [3.8, 4) is 5.75 Å². The van der Waals surface area contributed by atoms with Gasteiger partial charge in [-0.3, -0.25) is 0 Å². The molecular weight excluding hydrogens is 295 g/mol. The molecular formula is C18H19FN2O2. The SMILES string of the molecule is COc1ccccc1NC(=O)NCC1(c2ccc(F)cc2)CC1. The lowest BCUT2D eigenvalue weighted by molar-refractivity contribution is 0.251. The highest BCUT2D eigenvalue weighted by Gasteiger charge is 2.44. The minimum Gasteiger partial charge on any atom is -0.495 e. The second-order valence-electron chi connectivity index (χ2n) is 5.80. The van der Waals surface area contributed by atoms with Crippen LogP contribution in [0, 0.1) is 5.82 Å². The van der Waals surface area contributed by atoms with Crippen LogP contribution in [0.3, 0.4) is 0 Å². The molecule has 0 bridgehead atoms. The molecule has 23 heavy (non-hydrogen) atoms. The largest absolute Gasteiger partial charge is 0.495 e. The third-order valence-corrected chi connectivity index (χ3v) is 4.25. The van der Waals surface area contributed by atoms with E-state index in [0.29, 0.717) is 18.0 Å². The maximum absolute atomic E-state index is 13.0. The van der Waals surface area contributed by atoms with Crippen molar-refractivity contribution in [1.29, 1.82) is 0 Å². The van der Waals surface area contributed by atoms with Crippen LogP contribution in [0.25, 0.3) is 0 Å². The van der Waals surface area contributed by atoms with Crippen LogP contribution in [0.5, 0.6) is 5.75 Å². The van der Waals surface area contributed by atoms with Crippen LogP contribution in [0.15, 0.2) is 48.5 Å². The molecule has 0 atom stereocenters. The van der Waals surface area contributed by atoms with E-state index in [-0.39, 0.29) is 17.3 Å². The van der Waals surface area contributed by atoms with Crippen molar-refractivity contribution in [2.24, 2.45) is 0 Å². The molecule has 2 N–H and O–H groups in total. The predicted molar refractivity (Wildman–Crippen MR) is 87.3 cm³/mol. The van der Waals surface area contributed by atoms with Crippen molar-refractivity contribution >= 4 is 11.7 Å². The Bertz CT molecular complexity index is 696. The molecule has 1 saturated carbocycles. The van der Waals surface area contributed by atoms with E-state index < -0.39 is 0 Å². The van der Waals surface area contributed by atoms with Crippen LogP contribution in [0.4, 0.5) is 14.9 Å². The van der Waals surface area contributed by atoms with Crippen LogP contribution < -0.4 is 15.4 Å². The van der Waals surface area contributed by atoms with E-state index in [0.717, 1.165) is 18.4 Å². The Morgan fingerprint density at radius 3 is 2.52 bits per heavy atom. The fraction of sp³-hybridized carbons (Fsp3) is 0.278. The van der Waals surface area contributed by atoms with Gasteiger partial charge in [0.15, 0.2) is 0 Å². The summed E-state index contributed by atoms with van der Waals surface area (Å²) >= 11 is 0. The van der Waals surface area contributed by atoms with Gasteiger partial charge in [-0.2, -0.15) is 0 Å². The number of urea groups is 1. The van der Waals surface area contributed by atoms with Crippen molar-refractivity contribution in [3.05, 3.63) is 59.9 Å². The average molecular weight is 314 g/mol. The van der Waals surface area contributed by atoms with Crippen molar-refractivity contribution < 1.29 is 13.9 Å². The molecule has 5 heteroatoms. The molecule has 1 aliphatic rings. The van der Waals surface area contributed by atoms with E-state index in [2.05, 4.69) is 10.6 Å². The maximum Gasteiger partial charge on any atom is 0.319 e. The number of anilines is 1. The monoisotopic (exact) mass is 314 g/mol. The number of carbonyl (C=O) groups is 1. The molecule has 1 aliphatic carbocycles. The molecule has 0 aromatic heterocycles. The van der Waals surface area contributed by atoms with Crippen LogP contribution in [0.2, 0.25) is 0 Å². The summed E-state index contributed by atoms with van der Waals surface area (Å²) in [6, 6.07) is 13.5. The number of amides is 2. The van der Waals surface area contributed by atoms with Crippen LogP contribution in [-0.2, 0) is 5.41 Å². The summed E-state index contributed by atoms with van der Waals surface area (Å²) in [7, 11) is 1.56. The smallest absolute Gasteiger partial charge is 0.319 e. The molecule has 2 amide bonds. The van der Waals surface area contributed by atoms with Crippen molar-refractivity contribution in [2.75, 3.05) is 19.0 Å². The topological polar surface area (TPSA) is 50.4 Å². The second kappa shape index (κ2) is 6.28. The summed E-state index contributed by atoms with van der Waals surface area (Å²) in [6.07, 6.45) is 1.99. The first-order chi connectivity index (χ1) is 11.1. The summed E-state index contributed by atoms with van der Waals surface area (Å²) in [5, 5.41) is 5.69. The summed E-state index contributed by atoms with van der Waals surface area (Å²) in [5.74, 6) is 0.369. The van der Waals surface area contributed by atoms with Gasteiger partial charge in [0.2, 0.25) is 0 Å². The van der Waals surface area contributed by atoms with E-state index in [1.165, 1.54) is 12.1 Å². The van der Waals surface area contributed by atoms with Crippen molar-refractivity contribution in [3.63, 3.8) is 0 Å². The van der Waals surface area contributed by atoms with E-state index in [1.807, 2.05) is 12.1 Å². The van der Waals surface area contributed by atoms with Gasteiger partial charge in [-0.05, 0) is 42.7 Å². The molecule has 0 heterocycles. The van der Waals surface area contributed by atoms with Crippen molar-refractivity contribution in [1.82, 2.24) is 5.32 Å². The minimum absolute atomic E-state index is 0.0637. The molecule has 1 fully saturated rings. The van der Waals surface area contributed by atoms with Gasteiger partial charge in [0.25, 0.3) is 0 Å². The zero-order valence-corrected chi connectivity index (χ0v) is 12.9. The Labute approximate surface area is 134 Å². The normalized spacial score (nSPS) is 14.9. The van der Waals surface area contributed by atoms with E-state index in [1.54, 1.807) is 31.4 Å². The molecule has 0 unspecified atom stereocenters. The quantitative estimate of drug-likeness (QED) is 0.884. The van der Waals surface area contributed by atoms with Gasteiger partial charge in [0.1, 0.15) is 11.6 Å². The number of para-hydroxylation sites is 2. The van der Waals surface area contributed by atoms with E-state index in [4.69, 9.17) is 4.74 Å². The molecule has 120 valence electrons. The fourth-order valence-electron chi connectivity index (χ4n) is 2.69. The molecule has 0 saturated heterocycles. The van der Waals surface area contributed by atoms with Crippen LogP contribution in [-0.4, -0.2) is 19.7 Å². The Kier molecular flexibility index (Phi) is 4.19. The first kappa shape index (κ1) is 15.3. The van der Waals surface area contributed by atoms with Gasteiger partial charge in [0, 0.05) is 12.0 Å². The first-order valence-corrected chi connectivity index (χ1v) is 7.57. The highest BCUT2D eigenvalue weighted by atomic mass is 19.1. The summed E-state index contributed by atoms with van der Waals surface area (Å²) in [4.78, 5) is 12.1. The summed E-state index contributed by atoms with van der Waals surface area (Å²) in [5.41, 5.74) is 1.63. The number of methoxy groups -OCH3 is 1. The molecule has 3 rings (SSSR count). The lowest BCUT2D eigenvalue weighted by Gasteiger charge is -2.17. The van der Waals surface area contributed by atoms with Gasteiger partial charge >= 0.3 is 6.03 Å². The predicted octanol–water partition coefficient (Wildman–Crippen LogP) is 3.69. The molecule has 2 aromatic rings. The van der Waals surface area contributed by atoms with Gasteiger partial charge in [-0.1, -0.05) is 24.3 Å². The third kappa shape index (κ3) is 3.44.